The summed E-state index contributed by atoms with van der Waals surface area (Å²) >= 11 is 0. The van der Waals surface area contributed by atoms with Crippen molar-refractivity contribution in [3.05, 3.63) is 91.5 Å². The Morgan fingerprint density at radius 1 is 0.857 bits per heavy atom. The average molecular weight is 571 g/mol. The van der Waals surface area contributed by atoms with E-state index in [1.54, 1.807) is 6.92 Å². The molecule has 8 nitrogen and oxygen atoms in total. The van der Waals surface area contributed by atoms with Crippen LogP contribution in [0.1, 0.15) is 109 Å². The van der Waals surface area contributed by atoms with E-state index in [0.717, 1.165) is 23.9 Å². The van der Waals surface area contributed by atoms with Crippen LogP contribution in [0.25, 0.3) is 21.8 Å². The van der Waals surface area contributed by atoms with Gasteiger partial charge in [-0.15, -0.1) is 0 Å². The molecule has 2 aliphatic rings. The Labute approximate surface area is 244 Å². The van der Waals surface area contributed by atoms with Gasteiger partial charge in [-0.3, -0.25) is 9.59 Å². The van der Waals surface area contributed by atoms with Gasteiger partial charge in [0.05, 0.1) is 12.1 Å². The molecule has 2 fully saturated rings. The highest BCUT2D eigenvalue weighted by Crippen LogP contribution is 2.35. The van der Waals surface area contributed by atoms with Gasteiger partial charge in [0.2, 0.25) is 10.9 Å². The van der Waals surface area contributed by atoms with Gasteiger partial charge >= 0.3 is 11.9 Å². The first-order valence-electron chi connectivity index (χ1n) is 15.0. The Balaban J connectivity index is 0.000000168. The van der Waals surface area contributed by atoms with Gasteiger partial charge in [-0.25, -0.2) is 9.59 Å². The lowest BCUT2D eigenvalue weighted by Gasteiger charge is -2.14. The number of nitrogens with zero attached hydrogens (tertiary/aromatic N) is 1. The van der Waals surface area contributed by atoms with Crippen LogP contribution in [0.5, 0.6) is 0 Å². The first-order valence-corrected chi connectivity index (χ1v) is 15.0. The monoisotopic (exact) mass is 570 g/mol. The highest BCUT2D eigenvalue weighted by molar-refractivity contribution is 5.94. The van der Waals surface area contributed by atoms with E-state index in [1.165, 1.54) is 62.0 Å². The minimum Gasteiger partial charge on any atom is -0.477 e. The van der Waals surface area contributed by atoms with Crippen molar-refractivity contribution in [1.82, 2.24) is 9.55 Å². The minimum atomic E-state index is -1.16. The number of carbonyl (C=O) groups excluding carboxylic acids is 1. The van der Waals surface area contributed by atoms with Crippen molar-refractivity contribution in [1.29, 1.82) is 0 Å². The van der Waals surface area contributed by atoms with E-state index in [2.05, 4.69) is 17.1 Å². The van der Waals surface area contributed by atoms with Crippen LogP contribution in [-0.2, 0) is 11.3 Å². The van der Waals surface area contributed by atoms with Crippen LogP contribution in [0, 0.1) is 0 Å². The summed E-state index contributed by atoms with van der Waals surface area (Å²) in [6.45, 7) is 4.57. The summed E-state index contributed by atoms with van der Waals surface area (Å²) in [4.78, 5) is 51.0. The third-order valence-electron chi connectivity index (χ3n) is 8.73. The fraction of sp³-hybridized carbons (Fsp3) is 0.412. The molecule has 2 N–H and O–H groups in total. The number of aromatic nitrogens is 2. The summed E-state index contributed by atoms with van der Waals surface area (Å²) in [5.41, 5.74) is 3.25. The Morgan fingerprint density at radius 2 is 1.43 bits per heavy atom. The number of aromatic amines is 1. The van der Waals surface area contributed by atoms with Gasteiger partial charge in [-0.05, 0) is 86.8 Å². The van der Waals surface area contributed by atoms with E-state index < -0.39 is 11.9 Å². The lowest BCUT2D eigenvalue weighted by molar-refractivity contribution is 0.0524. The number of carboxylic acids is 1. The third kappa shape index (κ3) is 5.89. The molecule has 2 aromatic carbocycles. The summed E-state index contributed by atoms with van der Waals surface area (Å²) in [6.07, 6.45) is 12.5. The van der Waals surface area contributed by atoms with Gasteiger partial charge in [0.1, 0.15) is 11.1 Å². The van der Waals surface area contributed by atoms with E-state index in [1.807, 2.05) is 35.8 Å². The van der Waals surface area contributed by atoms with E-state index >= 15 is 0 Å². The number of ether oxygens (including phenoxy) is 1. The fourth-order valence-electron chi connectivity index (χ4n) is 6.45. The van der Waals surface area contributed by atoms with Crippen molar-refractivity contribution in [3.63, 3.8) is 0 Å². The number of nitrogens with one attached hydrogen (secondary N) is 1. The quantitative estimate of drug-likeness (QED) is 0.248. The average Bonchev–Trinajstić information content (AvgIpc) is 3.73. The summed E-state index contributed by atoms with van der Waals surface area (Å²) in [6, 6.07) is 11.9. The van der Waals surface area contributed by atoms with E-state index in [4.69, 9.17) is 4.74 Å². The second-order valence-corrected chi connectivity index (χ2v) is 11.3. The van der Waals surface area contributed by atoms with Crippen molar-refractivity contribution in [3.8, 4) is 0 Å². The van der Waals surface area contributed by atoms with Crippen LogP contribution >= 0.6 is 0 Å². The van der Waals surface area contributed by atoms with Gasteiger partial charge in [-0.2, -0.15) is 0 Å². The summed E-state index contributed by atoms with van der Waals surface area (Å²) in [7, 11) is 0. The molecule has 0 atom stereocenters. The maximum atomic E-state index is 12.5. The van der Waals surface area contributed by atoms with Gasteiger partial charge in [-0.1, -0.05) is 37.8 Å². The van der Waals surface area contributed by atoms with Crippen LogP contribution in [0.15, 0.2) is 58.4 Å². The van der Waals surface area contributed by atoms with Crippen LogP contribution in [0.4, 0.5) is 0 Å². The van der Waals surface area contributed by atoms with Gasteiger partial charge < -0.3 is 19.4 Å². The number of benzene rings is 2. The van der Waals surface area contributed by atoms with Gasteiger partial charge in [0.15, 0.2) is 0 Å². The molecule has 0 amide bonds. The number of carbonyl (C=O) groups is 2. The predicted octanol–water partition coefficient (Wildman–Crippen LogP) is 6.74. The molecule has 2 heterocycles. The number of carboxylic acid groups (broad SMARTS) is 1. The number of hydrogen-bond donors (Lipinski definition) is 2. The molecule has 6 rings (SSSR count). The predicted molar refractivity (Wildman–Crippen MR) is 164 cm³/mol. The zero-order chi connectivity index (χ0) is 29.8. The van der Waals surface area contributed by atoms with E-state index in [0.29, 0.717) is 29.2 Å². The standard InChI is InChI=1S/2C17H19NO3/c1-2-21-17(20)14-10-18-15-8-7-12(9-13(15)16(14)19)11-5-3-4-6-11;1-2-18-10-14(17(20)21)16(19)13-9-12(7-8-15(13)18)11-5-3-4-6-11/h7-11H,2-6H2,1H3,(H,18,19);7-11H,2-6H2,1H3,(H,20,21). The maximum absolute atomic E-state index is 12.5. The maximum Gasteiger partial charge on any atom is 0.343 e. The first kappa shape index (κ1) is 29.3. The molecule has 0 aliphatic heterocycles. The normalized spacial score (nSPS) is 15.6. The Hall–Kier alpha value is -4.20. The van der Waals surface area contributed by atoms with Crippen molar-refractivity contribution < 1.29 is 19.4 Å². The zero-order valence-corrected chi connectivity index (χ0v) is 24.3. The molecule has 0 unspecified atom stereocenters. The smallest absolute Gasteiger partial charge is 0.343 e. The highest BCUT2D eigenvalue weighted by Gasteiger charge is 2.21. The second kappa shape index (κ2) is 12.8. The number of pyridine rings is 2. The van der Waals surface area contributed by atoms with E-state index in [-0.39, 0.29) is 28.6 Å². The lowest BCUT2D eigenvalue weighted by atomic mass is 9.95. The molecule has 8 heteroatoms. The van der Waals surface area contributed by atoms with Crippen LogP contribution in [0.3, 0.4) is 0 Å². The number of esters is 1. The van der Waals surface area contributed by atoms with Crippen molar-refractivity contribution in [2.24, 2.45) is 0 Å². The van der Waals surface area contributed by atoms with Crippen LogP contribution < -0.4 is 10.9 Å². The van der Waals surface area contributed by atoms with Crippen molar-refractivity contribution in [2.75, 3.05) is 6.61 Å². The lowest BCUT2D eigenvalue weighted by Crippen LogP contribution is -2.19. The van der Waals surface area contributed by atoms with Crippen molar-refractivity contribution >= 4 is 33.7 Å². The summed E-state index contributed by atoms with van der Waals surface area (Å²) < 4.78 is 6.76. The SMILES string of the molecule is CCOC(=O)c1c[nH]c2ccc(C3CCCC3)cc2c1=O.CCn1cc(C(=O)O)c(=O)c2cc(C3CCCC3)ccc21. The Bertz CT molecular complexity index is 1740. The number of hydrogen-bond acceptors (Lipinski definition) is 5. The number of aromatic carboxylic acids is 1. The number of fused-ring (bicyclic) bond motifs is 2. The second-order valence-electron chi connectivity index (χ2n) is 11.3. The number of rotatable bonds is 6. The molecule has 42 heavy (non-hydrogen) atoms. The molecule has 0 radical (unpaired) electrons. The molecular formula is C34H38N2O6. The fourth-order valence-corrected chi connectivity index (χ4v) is 6.45. The highest BCUT2D eigenvalue weighted by atomic mass is 16.5. The van der Waals surface area contributed by atoms with Gasteiger partial charge in [0, 0.05) is 35.2 Å². The molecule has 0 spiro atoms. The Morgan fingerprint density at radius 3 is 2.00 bits per heavy atom. The molecule has 0 bridgehead atoms. The first-order chi connectivity index (χ1) is 20.3. The topological polar surface area (TPSA) is 118 Å². The largest absolute Gasteiger partial charge is 0.477 e. The zero-order valence-electron chi connectivity index (χ0n) is 24.3. The molecule has 4 aromatic rings. The minimum absolute atomic E-state index is 0.0768. The molecule has 0 saturated heterocycles. The molecule has 220 valence electrons. The molecular weight excluding hydrogens is 532 g/mol. The van der Waals surface area contributed by atoms with Crippen molar-refractivity contribution in [2.45, 2.75) is 83.6 Å². The number of H-pyrrole nitrogens is 1. The Kier molecular flexibility index (Phi) is 8.90. The van der Waals surface area contributed by atoms with Crippen LogP contribution in [0.2, 0.25) is 0 Å². The van der Waals surface area contributed by atoms with E-state index in [9.17, 15) is 24.3 Å². The number of aryl methyl sites for hydroxylation is 1. The van der Waals surface area contributed by atoms with Gasteiger partial charge in [0.25, 0.3) is 0 Å². The third-order valence-corrected chi connectivity index (χ3v) is 8.73. The summed E-state index contributed by atoms with van der Waals surface area (Å²) in [5.74, 6) is -0.667. The molecule has 2 saturated carbocycles. The summed E-state index contributed by atoms with van der Waals surface area (Å²) in [5, 5.41) is 10.3. The molecule has 2 aromatic heterocycles. The van der Waals surface area contributed by atoms with Crippen LogP contribution in [-0.4, -0.2) is 33.2 Å². The molecule has 2 aliphatic carbocycles.